The number of carbonyl (C=O) groups excluding carboxylic acids is 4. The first-order valence-electron chi connectivity index (χ1n) is 20.6. The fourth-order valence-electron chi connectivity index (χ4n) is 6.90. The van der Waals surface area contributed by atoms with Gasteiger partial charge in [0.05, 0.1) is 47.7 Å². The van der Waals surface area contributed by atoms with Gasteiger partial charge in [0, 0.05) is 47.5 Å². The second-order valence-electron chi connectivity index (χ2n) is 17.5. The molecule has 5 rings (SSSR count). The molecule has 0 aliphatic carbocycles. The number of rotatable bonds is 17. The van der Waals surface area contributed by atoms with E-state index in [0.717, 1.165) is 25.7 Å². The van der Waals surface area contributed by atoms with Crippen LogP contribution in [-0.4, -0.2) is 60.3 Å². The first kappa shape index (κ1) is 46.2. The molecule has 1 atom stereocenters. The summed E-state index contributed by atoms with van der Waals surface area (Å²) in [5, 5.41) is 11.9. The molecule has 3 aromatic rings. The number of benzene rings is 3. The van der Waals surface area contributed by atoms with E-state index in [9.17, 15) is 19.2 Å². The largest absolute Gasteiger partial charge is 0.456 e. The summed E-state index contributed by atoms with van der Waals surface area (Å²) in [7, 11) is -1.29. The van der Waals surface area contributed by atoms with E-state index in [0.29, 0.717) is 42.9 Å². The van der Waals surface area contributed by atoms with Crippen LogP contribution in [0.3, 0.4) is 0 Å². The number of nitriles is 1. The Bertz CT molecular complexity index is 2030. The Morgan fingerprint density at radius 1 is 0.783 bits per heavy atom. The van der Waals surface area contributed by atoms with Crippen molar-refractivity contribution in [3.8, 4) is 29.1 Å². The highest BCUT2D eigenvalue weighted by Crippen LogP contribution is 2.57. The zero-order chi connectivity index (χ0) is 44.0. The molecule has 1 unspecified atom stereocenters. The Labute approximate surface area is 355 Å². The quantitative estimate of drug-likeness (QED) is 0.0593. The molecule has 0 aromatic heterocycles. The van der Waals surface area contributed by atoms with Crippen LogP contribution in [0.1, 0.15) is 139 Å². The first-order chi connectivity index (χ1) is 28.3. The predicted molar refractivity (Wildman–Crippen MR) is 227 cm³/mol. The molecule has 2 heterocycles. The van der Waals surface area contributed by atoms with Crippen LogP contribution in [0.5, 0.6) is 23.0 Å². The van der Waals surface area contributed by atoms with Crippen molar-refractivity contribution in [1.82, 2.24) is 9.99 Å². The van der Waals surface area contributed by atoms with E-state index in [2.05, 4.69) is 43.8 Å². The van der Waals surface area contributed by atoms with Crippen LogP contribution < -0.4 is 19.5 Å². The number of fused-ring (bicyclic) bond motifs is 6. The fourth-order valence-corrected chi connectivity index (χ4v) is 8.53. The number of hydrogen-bond acceptors (Lipinski definition) is 12. The van der Waals surface area contributed by atoms with Crippen LogP contribution in [0.25, 0.3) is 0 Å². The van der Waals surface area contributed by atoms with Gasteiger partial charge in [-0.25, -0.2) is 9.46 Å². The van der Waals surface area contributed by atoms with Gasteiger partial charge in [0.1, 0.15) is 23.0 Å². The monoisotopic (exact) mass is 843 g/mol. The molecule has 0 radical (unpaired) electrons. The van der Waals surface area contributed by atoms with E-state index in [1.165, 1.54) is 0 Å². The second kappa shape index (κ2) is 19.2. The van der Waals surface area contributed by atoms with Gasteiger partial charge >= 0.3 is 17.9 Å². The van der Waals surface area contributed by atoms with Crippen molar-refractivity contribution in [3.05, 3.63) is 82.4 Å². The highest BCUT2D eigenvalue weighted by molar-refractivity contribution is 7.44. The van der Waals surface area contributed by atoms with Crippen molar-refractivity contribution in [1.29, 1.82) is 5.26 Å². The maximum atomic E-state index is 14.0. The lowest BCUT2D eigenvalue weighted by atomic mass is 9.77. The van der Waals surface area contributed by atoms with Gasteiger partial charge in [0.15, 0.2) is 5.60 Å². The molecule has 2 aliphatic rings. The number of unbranched alkanes of at least 4 members (excludes halogenated alkanes) is 3. The SMILES string of the molecule is CC(C)N(C(C)C)P(OCCC#N)OCCCCCCNC(=O)c1cccc2c1C(=O)OC21c2ccc(OC(=O)C(C)(C)C)cc2Oc2cc(OC(=O)C(C)(C)C)ccc21. The van der Waals surface area contributed by atoms with Gasteiger partial charge in [0.25, 0.3) is 14.4 Å². The highest BCUT2D eigenvalue weighted by Gasteiger charge is 2.55. The highest BCUT2D eigenvalue weighted by atomic mass is 31.2. The average Bonchev–Trinajstić information content (AvgIpc) is 3.46. The molecule has 1 amide bonds. The van der Waals surface area contributed by atoms with Gasteiger partial charge in [-0.05, 0) is 112 Å². The number of hydrogen-bond donors (Lipinski definition) is 1. The van der Waals surface area contributed by atoms with Crippen LogP contribution in [0.4, 0.5) is 0 Å². The van der Waals surface area contributed by atoms with Crippen LogP contribution in [0.15, 0.2) is 54.6 Å². The summed E-state index contributed by atoms with van der Waals surface area (Å²) in [5.41, 5.74) is -1.43. The molecular formula is C46H58N3O10P. The minimum Gasteiger partial charge on any atom is -0.456 e. The lowest BCUT2D eigenvalue weighted by molar-refractivity contribution is -0.143. The van der Waals surface area contributed by atoms with E-state index in [1.807, 2.05) is 0 Å². The molecule has 3 aromatic carbocycles. The fraction of sp³-hybridized carbons (Fsp3) is 0.500. The van der Waals surface area contributed by atoms with Gasteiger partial charge in [-0.2, -0.15) is 5.26 Å². The number of ether oxygens (including phenoxy) is 4. The summed E-state index contributed by atoms with van der Waals surface area (Å²) in [6.45, 7) is 20.1. The molecule has 2 aliphatic heterocycles. The Balaban J connectivity index is 1.33. The van der Waals surface area contributed by atoms with Gasteiger partial charge < -0.3 is 33.3 Å². The van der Waals surface area contributed by atoms with E-state index in [-0.39, 0.29) is 46.2 Å². The summed E-state index contributed by atoms with van der Waals surface area (Å²) < 4.78 is 38.5. The van der Waals surface area contributed by atoms with Gasteiger partial charge in [-0.1, -0.05) is 25.0 Å². The number of carbonyl (C=O) groups is 4. The van der Waals surface area contributed by atoms with E-state index in [1.54, 1.807) is 96.1 Å². The molecule has 0 saturated heterocycles. The van der Waals surface area contributed by atoms with Crippen molar-refractivity contribution in [2.75, 3.05) is 19.8 Å². The topological polar surface area (TPSA) is 163 Å². The number of amides is 1. The second-order valence-corrected chi connectivity index (χ2v) is 19.0. The van der Waals surface area contributed by atoms with Gasteiger partial charge in [-0.3, -0.25) is 14.4 Å². The Morgan fingerprint density at radius 2 is 1.33 bits per heavy atom. The third kappa shape index (κ3) is 10.4. The number of nitrogens with one attached hydrogen (secondary N) is 1. The van der Waals surface area contributed by atoms with Crippen molar-refractivity contribution >= 4 is 32.3 Å². The third-order valence-electron chi connectivity index (χ3n) is 9.89. The van der Waals surface area contributed by atoms with Crippen molar-refractivity contribution in [3.63, 3.8) is 0 Å². The smallest absolute Gasteiger partial charge is 0.340 e. The van der Waals surface area contributed by atoms with Crippen molar-refractivity contribution in [2.45, 2.75) is 119 Å². The van der Waals surface area contributed by atoms with Crippen molar-refractivity contribution in [2.24, 2.45) is 10.8 Å². The molecule has 0 saturated carbocycles. The van der Waals surface area contributed by atoms with Crippen molar-refractivity contribution < 1.29 is 47.2 Å². The van der Waals surface area contributed by atoms with Crippen LogP contribution in [0, 0.1) is 22.2 Å². The first-order valence-corrected chi connectivity index (χ1v) is 21.7. The van der Waals surface area contributed by atoms with E-state index < -0.39 is 48.8 Å². The maximum absolute atomic E-state index is 14.0. The predicted octanol–water partition coefficient (Wildman–Crippen LogP) is 9.74. The summed E-state index contributed by atoms with van der Waals surface area (Å²) in [4.78, 5) is 53.4. The van der Waals surface area contributed by atoms with Crippen LogP contribution in [-0.2, 0) is 29.0 Å². The molecule has 0 bridgehead atoms. The van der Waals surface area contributed by atoms with E-state index >= 15 is 0 Å². The lowest BCUT2D eigenvalue weighted by Gasteiger charge is -2.36. The summed E-state index contributed by atoms with van der Waals surface area (Å²) in [5.74, 6) is -1.04. The lowest BCUT2D eigenvalue weighted by Crippen LogP contribution is -2.33. The van der Waals surface area contributed by atoms with E-state index in [4.69, 9.17) is 33.3 Å². The summed E-state index contributed by atoms with van der Waals surface area (Å²) in [6.07, 6.45) is 3.56. The summed E-state index contributed by atoms with van der Waals surface area (Å²) in [6, 6.07) is 17.3. The molecule has 1 spiro atoms. The van der Waals surface area contributed by atoms with Crippen LogP contribution >= 0.6 is 8.53 Å². The molecule has 14 heteroatoms. The third-order valence-corrected chi connectivity index (χ3v) is 12.0. The normalized spacial score (nSPS) is 14.5. The molecule has 1 N–H and O–H groups in total. The van der Waals surface area contributed by atoms with Gasteiger partial charge in [0.2, 0.25) is 0 Å². The molecule has 60 heavy (non-hydrogen) atoms. The molecule has 13 nitrogen and oxygen atoms in total. The molecule has 322 valence electrons. The standard InChI is InChI=1S/C46H58N3O10P/c1-29(2)49(30(3)4)60(55-26-16-23-47)54-25-14-12-11-13-24-48-40(50)33-17-15-18-36-39(33)41(51)59-46(36)34-21-19-31(56-42(52)44(5,6)7)27-37(34)58-38-28-32(20-22-35(38)46)57-43(53)45(8,9)10/h15,17-22,27-30H,11-14,16,24-26H2,1-10H3,(H,48,50). The Kier molecular flexibility index (Phi) is 14.8. The van der Waals surface area contributed by atoms with Gasteiger partial charge in [-0.15, -0.1) is 0 Å². The Morgan fingerprint density at radius 3 is 1.87 bits per heavy atom. The minimum atomic E-state index is -1.55. The molecule has 0 fully saturated rings. The average molecular weight is 844 g/mol. The van der Waals surface area contributed by atoms with Crippen LogP contribution in [0.2, 0.25) is 0 Å². The number of esters is 3. The minimum absolute atomic E-state index is 0.128. The zero-order valence-corrected chi connectivity index (χ0v) is 37.3. The maximum Gasteiger partial charge on any atom is 0.340 e. The number of nitrogens with zero attached hydrogens (tertiary/aromatic N) is 2. The zero-order valence-electron chi connectivity index (χ0n) is 36.4. The Hall–Kier alpha value is -4.86. The molecular weight excluding hydrogens is 785 g/mol. The summed E-state index contributed by atoms with van der Waals surface area (Å²) >= 11 is 0.